The number of unbranched alkanes of at least 4 members (excludes halogenated alkanes) is 12. The summed E-state index contributed by atoms with van der Waals surface area (Å²) < 4.78 is 0. The summed E-state index contributed by atoms with van der Waals surface area (Å²) in [6.45, 7) is 2.28. The van der Waals surface area contributed by atoms with Crippen molar-refractivity contribution in [3.63, 3.8) is 0 Å². The molecule has 24 heavy (non-hydrogen) atoms. The Kier molecular flexibility index (Phi) is 13.1. The molecule has 4 heteroatoms. The largest absolute Gasteiger partial charge is 0.381 e. The molecule has 1 aromatic heterocycles. The Labute approximate surface area is 148 Å². The van der Waals surface area contributed by atoms with Crippen LogP contribution in [0, 0.1) is 0 Å². The van der Waals surface area contributed by atoms with Gasteiger partial charge in [-0.3, -0.25) is 0 Å². The second-order valence-corrected chi connectivity index (χ2v) is 6.84. The number of rotatable bonds is 16. The van der Waals surface area contributed by atoms with E-state index in [1.54, 1.807) is 0 Å². The summed E-state index contributed by atoms with van der Waals surface area (Å²) >= 11 is 0. The molecule has 0 unspecified atom stereocenters. The van der Waals surface area contributed by atoms with Crippen LogP contribution >= 0.6 is 0 Å². The number of nitrogen functional groups attached to an aromatic ring is 1. The molecular formula is C20H38N4. The zero-order valence-corrected chi connectivity index (χ0v) is 15.7. The highest BCUT2D eigenvalue weighted by atomic mass is 15.3. The third kappa shape index (κ3) is 11.3. The maximum absolute atomic E-state index is 5.70. The summed E-state index contributed by atoms with van der Waals surface area (Å²) in [5, 5.41) is 10.5. The predicted molar refractivity (Wildman–Crippen MR) is 104 cm³/mol. The molecule has 0 atom stereocenters. The van der Waals surface area contributed by atoms with Gasteiger partial charge in [-0.15, -0.1) is 5.10 Å². The number of H-pyrrole nitrogens is 1. The van der Waals surface area contributed by atoms with E-state index in [1.807, 2.05) is 0 Å². The molecule has 0 aliphatic heterocycles. The Morgan fingerprint density at radius 1 is 0.750 bits per heavy atom. The maximum Gasteiger partial charge on any atom is 0.168 e. The molecule has 1 heterocycles. The Hall–Kier alpha value is -1.32. The van der Waals surface area contributed by atoms with E-state index in [4.69, 9.17) is 5.73 Å². The highest BCUT2D eigenvalue weighted by molar-refractivity contribution is 5.31. The van der Waals surface area contributed by atoms with E-state index in [0.29, 0.717) is 5.82 Å². The fraction of sp³-hybridized carbons (Fsp3) is 0.800. The fourth-order valence-corrected chi connectivity index (χ4v) is 2.98. The summed E-state index contributed by atoms with van der Waals surface area (Å²) in [6.07, 6.45) is 24.4. The summed E-state index contributed by atoms with van der Waals surface area (Å²) in [4.78, 5) is 0. The lowest BCUT2D eigenvalue weighted by Gasteiger charge is -2.00. The van der Waals surface area contributed by atoms with Gasteiger partial charge < -0.3 is 5.73 Å². The molecule has 0 radical (unpaired) electrons. The first kappa shape index (κ1) is 20.7. The number of allylic oxidation sites excluding steroid dienone is 2. The van der Waals surface area contributed by atoms with Crippen LogP contribution in [0.3, 0.4) is 0 Å². The molecule has 3 N–H and O–H groups in total. The van der Waals surface area contributed by atoms with Crippen molar-refractivity contribution in [2.45, 2.75) is 103 Å². The maximum atomic E-state index is 5.70. The minimum atomic E-state index is 0.558. The molecule has 138 valence electrons. The van der Waals surface area contributed by atoms with E-state index in [1.165, 1.54) is 83.5 Å². The Morgan fingerprint density at radius 3 is 1.83 bits per heavy atom. The van der Waals surface area contributed by atoms with Crippen molar-refractivity contribution < 1.29 is 0 Å². The number of hydrogen-bond donors (Lipinski definition) is 2. The molecular weight excluding hydrogens is 296 g/mol. The van der Waals surface area contributed by atoms with Gasteiger partial charge in [0.2, 0.25) is 0 Å². The number of aromatic nitrogens is 3. The number of nitrogens with one attached hydrogen (secondary N) is 1. The molecule has 0 saturated carbocycles. The molecule has 1 rings (SSSR count). The number of aromatic amines is 1. The van der Waals surface area contributed by atoms with Gasteiger partial charge in [0.05, 0.1) is 0 Å². The van der Waals surface area contributed by atoms with E-state index in [2.05, 4.69) is 34.5 Å². The Bertz CT molecular complexity index is 412. The fourth-order valence-electron chi connectivity index (χ4n) is 2.98. The minimum absolute atomic E-state index is 0.558. The molecule has 0 fully saturated rings. The van der Waals surface area contributed by atoms with Crippen LogP contribution in [0.15, 0.2) is 12.2 Å². The second-order valence-electron chi connectivity index (χ2n) is 6.84. The van der Waals surface area contributed by atoms with Gasteiger partial charge in [-0.1, -0.05) is 76.9 Å². The van der Waals surface area contributed by atoms with Gasteiger partial charge in [-0.05, 0) is 38.5 Å². The van der Waals surface area contributed by atoms with Gasteiger partial charge in [-0.2, -0.15) is 10.3 Å². The summed E-state index contributed by atoms with van der Waals surface area (Å²) in [7, 11) is 0. The highest BCUT2D eigenvalue weighted by Crippen LogP contribution is 2.12. The first-order chi connectivity index (χ1) is 11.8. The Morgan fingerprint density at radius 2 is 1.29 bits per heavy atom. The van der Waals surface area contributed by atoms with Gasteiger partial charge in [0.1, 0.15) is 5.69 Å². The number of nitrogens with zero attached hydrogens (tertiary/aromatic N) is 2. The second kappa shape index (κ2) is 15.2. The van der Waals surface area contributed by atoms with Crippen LogP contribution in [-0.4, -0.2) is 15.4 Å². The highest BCUT2D eigenvalue weighted by Gasteiger charge is 2.02. The first-order valence-corrected chi connectivity index (χ1v) is 10.1. The van der Waals surface area contributed by atoms with Crippen molar-refractivity contribution in [3.8, 4) is 0 Å². The number of nitrogens with two attached hydrogens (primary N) is 1. The molecule has 0 aliphatic carbocycles. The van der Waals surface area contributed by atoms with Gasteiger partial charge in [0.15, 0.2) is 5.82 Å². The van der Waals surface area contributed by atoms with Crippen LogP contribution in [0.4, 0.5) is 5.82 Å². The van der Waals surface area contributed by atoms with Gasteiger partial charge in [0.25, 0.3) is 0 Å². The van der Waals surface area contributed by atoms with Crippen molar-refractivity contribution in [1.29, 1.82) is 0 Å². The zero-order valence-electron chi connectivity index (χ0n) is 15.7. The van der Waals surface area contributed by atoms with Crippen molar-refractivity contribution >= 4 is 5.82 Å². The van der Waals surface area contributed by atoms with Crippen molar-refractivity contribution in [3.05, 3.63) is 17.8 Å². The Balaban J connectivity index is 1.77. The van der Waals surface area contributed by atoms with E-state index in [0.717, 1.165) is 18.5 Å². The number of anilines is 1. The molecule has 0 spiro atoms. The first-order valence-electron chi connectivity index (χ1n) is 10.1. The predicted octanol–water partition coefficient (Wildman–Crippen LogP) is 5.97. The lowest BCUT2D eigenvalue weighted by molar-refractivity contribution is 0.593. The van der Waals surface area contributed by atoms with Crippen LogP contribution in [0.25, 0.3) is 0 Å². The molecule has 0 aromatic carbocycles. The van der Waals surface area contributed by atoms with Crippen LogP contribution in [-0.2, 0) is 6.42 Å². The van der Waals surface area contributed by atoms with E-state index in [9.17, 15) is 0 Å². The molecule has 0 aliphatic rings. The average molecular weight is 335 g/mol. The van der Waals surface area contributed by atoms with Crippen LogP contribution in [0.1, 0.15) is 103 Å². The average Bonchev–Trinajstić information content (AvgIpc) is 2.99. The van der Waals surface area contributed by atoms with Crippen molar-refractivity contribution in [2.24, 2.45) is 0 Å². The topological polar surface area (TPSA) is 67.6 Å². The normalized spacial score (nSPS) is 11.5. The van der Waals surface area contributed by atoms with Gasteiger partial charge >= 0.3 is 0 Å². The third-order valence-corrected chi connectivity index (χ3v) is 4.58. The molecule has 4 nitrogen and oxygen atoms in total. The molecule has 0 amide bonds. The molecule has 0 bridgehead atoms. The molecule has 0 saturated heterocycles. The van der Waals surface area contributed by atoms with E-state index in [-0.39, 0.29) is 0 Å². The monoisotopic (exact) mass is 334 g/mol. The summed E-state index contributed by atoms with van der Waals surface area (Å²) in [5.41, 5.74) is 6.62. The number of aryl methyl sites for hydroxylation is 1. The summed E-state index contributed by atoms with van der Waals surface area (Å²) in [5.74, 6) is 0.558. The quantitative estimate of drug-likeness (QED) is 0.289. The van der Waals surface area contributed by atoms with Crippen LogP contribution in [0.5, 0.6) is 0 Å². The zero-order chi connectivity index (χ0) is 17.3. The lowest BCUT2D eigenvalue weighted by atomic mass is 10.1. The summed E-state index contributed by atoms with van der Waals surface area (Å²) in [6, 6.07) is 0. The smallest absolute Gasteiger partial charge is 0.168 e. The van der Waals surface area contributed by atoms with E-state index >= 15 is 0 Å². The minimum Gasteiger partial charge on any atom is -0.381 e. The lowest BCUT2D eigenvalue weighted by Crippen LogP contribution is -1.93. The standard InChI is InChI=1S/C20H38N4/c1-2-3-4-5-6-7-8-9-10-11-12-13-14-15-16-17-18-19-20(21)23-24-22-19/h9-10H,2-8,11-18H2,1H3,(H3,21,22,23,24). The molecule has 1 aromatic rings. The van der Waals surface area contributed by atoms with Gasteiger partial charge in [0, 0.05) is 0 Å². The van der Waals surface area contributed by atoms with Crippen LogP contribution < -0.4 is 5.73 Å². The number of hydrogen-bond acceptors (Lipinski definition) is 3. The van der Waals surface area contributed by atoms with Crippen LogP contribution in [0.2, 0.25) is 0 Å². The van der Waals surface area contributed by atoms with Crippen molar-refractivity contribution in [2.75, 3.05) is 5.73 Å². The van der Waals surface area contributed by atoms with Crippen molar-refractivity contribution in [1.82, 2.24) is 15.4 Å². The van der Waals surface area contributed by atoms with Gasteiger partial charge in [-0.25, -0.2) is 0 Å². The third-order valence-electron chi connectivity index (χ3n) is 4.58. The van der Waals surface area contributed by atoms with E-state index < -0.39 is 0 Å². The SMILES string of the molecule is CCCCCCCCC=CCCCCCCCCc1n[nH]nc1N.